The van der Waals surface area contributed by atoms with Crippen LogP contribution in [-0.4, -0.2) is 28.2 Å². The number of carbonyl (C=O) groups is 1. The highest BCUT2D eigenvalue weighted by molar-refractivity contribution is 5.74. The van der Waals surface area contributed by atoms with Crippen LogP contribution >= 0.6 is 0 Å². The van der Waals surface area contributed by atoms with Crippen LogP contribution in [0.1, 0.15) is 15.9 Å². The highest BCUT2D eigenvalue weighted by atomic mass is 16.5. The number of aromatic amines is 1. The van der Waals surface area contributed by atoms with Crippen molar-refractivity contribution in [3.63, 3.8) is 0 Å². The Morgan fingerprint density at radius 1 is 1.53 bits per heavy atom. The highest BCUT2D eigenvalue weighted by Gasteiger charge is 2.08. The number of hydrogen-bond acceptors (Lipinski definition) is 4. The minimum atomic E-state index is -0.349. The molecule has 0 aliphatic carbocycles. The Labute approximate surface area is 96.8 Å². The molecule has 0 unspecified atom stereocenters. The Kier molecular flexibility index (Phi) is 3.04. The van der Waals surface area contributed by atoms with Crippen molar-refractivity contribution in [2.45, 2.75) is 6.54 Å². The maximum Gasteiger partial charge on any atom is 0.346 e. The number of H-pyrrole nitrogens is 1. The van der Waals surface area contributed by atoms with Crippen LogP contribution in [-0.2, 0) is 6.54 Å². The average molecular weight is 233 g/mol. The van der Waals surface area contributed by atoms with Crippen LogP contribution in [0, 0.1) is 0 Å². The van der Waals surface area contributed by atoms with E-state index in [1.54, 1.807) is 18.2 Å². The predicted octanol–water partition coefficient (Wildman–Crippen LogP) is 0.441. The van der Waals surface area contributed by atoms with Crippen LogP contribution in [0.15, 0.2) is 29.1 Å². The second kappa shape index (κ2) is 4.65. The highest BCUT2D eigenvalue weighted by Crippen LogP contribution is 2.08. The Bertz CT molecular complexity index is 586. The first-order chi connectivity index (χ1) is 8.24. The van der Waals surface area contributed by atoms with Crippen molar-refractivity contribution in [3.05, 3.63) is 45.9 Å². The van der Waals surface area contributed by atoms with Gasteiger partial charge in [-0.15, -0.1) is 5.10 Å². The number of rotatable bonds is 4. The molecule has 0 radical (unpaired) electrons. The van der Waals surface area contributed by atoms with Gasteiger partial charge in [0.15, 0.2) is 0 Å². The van der Waals surface area contributed by atoms with E-state index < -0.39 is 0 Å². The summed E-state index contributed by atoms with van der Waals surface area (Å²) in [7, 11) is 1.44. The molecule has 2 rings (SSSR count). The molecule has 0 aliphatic rings. The van der Waals surface area contributed by atoms with Crippen molar-refractivity contribution < 1.29 is 9.53 Å². The Morgan fingerprint density at radius 2 is 2.35 bits per heavy atom. The summed E-state index contributed by atoms with van der Waals surface area (Å²) in [5.74, 6) is 0. The molecule has 0 aliphatic heterocycles. The average Bonchev–Trinajstić information content (AvgIpc) is 2.71. The van der Waals surface area contributed by atoms with Gasteiger partial charge in [0.2, 0.25) is 0 Å². The van der Waals surface area contributed by atoms with Crippen LogP contribution in [0.2, 0.25) is 0 Å². The van der Waals surface area contributed by atoms with Crippen LogP contribution in [0.5, 0.6) is 6.01 Å². The topological polar surface area (TPSA) is 77.0 Å². The minimum Gasteiger partial charge on any atom is -0.467 e. The molecule has 17 heavy (non-hydrogen) atoms. The van der Waals surface area contributed by atoms with E-state index in [0.29, 0.717) is 12.1 Å². The number of aldehydes is 1. The van der Waals surface area contributed by atoms with E-state index in [1.165, 1.54) is 11.7 Å². The first kappa shape index (κ1) is 11.1. The van der Waals surface area contributed by atoms with Gasteiger partial charge in [0, 0.05) is 5.56 Å². The summed E-state index contributed by atoms with van der Waals surface area (Å²) < 4.78 is 6.30. The lowest BCUT2D eigenvalue weighted by Crippen LogP contribution is -2.18. The quantitative estimate of drug-likeness (QED) is 0.777. The molecular formula is C11H11N3O3. The van der Waals surface area contributed by atoms with Gasteiger partial charge < -0.3 is 4.74 Å². The van der Waals surface area contributed by atoms with E-state index in [9.17, 15) is 9.59 Å². The van der Waals surface area contributed by atoms with E-state index in [1.807, 2.05) is 6.07 Å². The van der Waals surface area contributed by atoms with Crippen molar-refractivity contribution in [1.82, 2.24) is 14.8 Å². The fourth-order valence-corrected chi connectivity index (χ4v) is 1.55. The lowest BCUT2D eigenvalue weighted by molar-refractivity contribution is 0.112. The second-order valence-electron chi connectivity index (χ2n) is 3.46. The number of carbonyl (C=O) groups excluding carboxylic acids is 1. The lowest BCUT2D eigenvalue weighted by atomic mass is 10.1. The standard InChI is InChI=1S/C11H11N3O3/c1-17-11-13-12-10(16)14(11)6-8-3-2-4-9(5-8)7-15/h2-5,7H,6H2,1H3,(H,12,16). The van der Waals surface area contributed by atoms with E-state index in [0.717, 1.165) is 11.8 Å². The normalized spacial score (nSPS) is 10.2. The van der Waals surface area contributed by atoms with Gasteiger partial charge in [0.05, 0.1) is 13.7 Å². The first-order valence-corrected chi connectivity index (χ1v) is 4.98. The van der Waals surface area contributed by atoms with Gasteiger partial charge in [-0.3, -0.25) is 4.79 Å². The molecule has 0 atom stereocenters. The van der Waals surface area contributed by atoms with Gasteiger partial charge >= 0.3 is 11.7 Å². The zero-order chi connectivity index (χ0) is 12.3. The number of hydrogen-bond donors (Lipinski definition) is 1. The largest absolute Gasteiger partial charge is 0.467 e. The maximum atomic E-state index is 11.5. The van der Waals surface area contributed by atoms with Crippen LogP contribution < -0.4 is 10.4 Å². The summed E-state index contributed by atoms with van der Waals surface area (Å²) in [5, 5.41) is 6.01. The Hall–Kier alpha value is -2.37. The lowest BCUT2D eigenvalue weighted by Gasteiger charge is -2.04. The van der Waals surface area contributed by atoms with Crippen LogP contribution in [0.3, 0.4) is 0 Å². The van der Waals surface area contributed by atoms with Gasteiger partial charge in [-0.05, 0) is 11.6 Å². The molecule has 0 fully saturated rings. The fourth-order valence-electron chi connectivity index (χ4n) is 1.55. The molecule has 0 bridgehead atoms. The molecule has 6 nitrogen and oxygen atoms in total. The van der Waals surface area contributed by atoms with E-state index >= 15 is 0 Å². The van der Waals surface area contributed by atoms with Crippen molar-refractivity contribution in [3.8, 4) is 6.01 Å². The van der Waals surface area contributed by atoms with Crippen molar-refractivity contribution in [1.29, 1.82) is 0 Å². The number of ether oxygens (including phenoxy) is 1. The predicted molar refractivity (Wildman–Crippen MR) is 60.3 cm³/mol. The number of nitrogens with zero attached hydrogens (tertiary/aromatic N) is 2. The minimum absolute atomic E-state index is 0.214. The van der Waals surface area contributed by atoms with E-state index in [2.05, 4.69) is 10.2 Å². The third-order valence-corrected chi connectivity index (χ3v) is 2.33. The summed E-state index contributed by atoms with van der Waals surface area (Å²) in [6.45, 7) is 0.306. The molecule has 1 aromatic heterocycles. The number of methoxy groups -OCH3 is 1. The van der Waals surface area contributed by atoms with Gasteiger partial charge in [-0.1, -0.05) is 18.2 Å². The first-order valence-electron chi connectivity index (χ1n) is 4.98. The van der Waals surface area contributed by atoms with Gasteiger partial charge in [0.25, 0.3) is 0 Å². The van der Waals surface area contributed by atoms with Crippen LogP contribution in [0.25, 0.3) is 0 Å². The Balaban J connectivity index is 2.33. The molecule has 0 amide bonds. The zero-order valence-corrected chi connectivity index (χ0v) is 9.21. The van der Waals surface area contributed by atoms with Crippen LogP contribution in [0.4, 0.5) is 0 Å². The molecule has 2 aromatic rings. The molecule has 0 spiro atoms. The third-order valence-electron chi connectivity index (χ3n) is 2.33. The molecule has 0 saturated carbocycles. The smallest absolute Gasteiger partial charge is 0.346 e. The molecular weight excluding hydrogens is 222 g/mol. The summed E-state index contributed by atoms with van der Waals surface area (Å²) in [6.07, 6.45) is 0.763. The van der Waals surface area contributed by atoms with Gasteiger partial charge in [0.1, 0.15) is 6.29 Å². The zero-order valence-electron chi connectivity index (χ0n) is 9.21. The molecule has 0 saturated heterocycles. The number of aromatic nitrogens is 3. The second-order valence-corrected chi connectivity index (χ2v) is 3.46. The molecule has 1 aromatic carbocycles. The monoisotopic (exact) mass is 233 g/mol. The molecule has 1 N–H and O–H groups in total. The summed E-state index contributed by atoms with van der Waals surface area (Å²) in [5.41, 5.74) is 1.05. The molecule has 1 heterocycles. The summed E-state index contributed by atoms with van der Waals surface area (Å²) in [4.78, 5) is 22.1. The number of nitrogens with one attached hydrogen (secondary N) is 1. The van der Waals surface area contributed by atoms with Crippen molar-refractivity contribution >= 4 is 6.29 Å². The fraction of sp³-hybridized carbons (Fsp3) is 0.182. The summed E-state index contributed by atoms with van der Waals surface area (Å²) in [6, 6.07) is 7.21. The van der Waals surface area contributed by atoms with E-state index in [-0.39, 0.29) is 11.7 Å². The van der Waals surface area contributed by atoms with Gasteiger partial charge in [-0.2, -0.15) is 0 Å². The third kappa shape index (κ3) is 2.25. The number of benzene rings is 1. The molecule has 88 valence electrons. The molecule has 6 heteroatoms. The van der Waals surface area contributed by atoms with Crippen molar-refractivity contribution in [2.75, 3.05) is 7.11 Å². The maximum absolute atomic E-state index is 11.5. The summed E-state index contributed by atoms with van der Waals surface area (Å²) >= 11 is 0. The Morgan fingerprint density at radius 3 is 3.06 bits per heavy atom. The van der Waals surface area contributed by atoms with Gasteiger partial charge in [-0.25, -0.2) is 14.5 Å². The van der Waals surface area contributed by atoms with Crippen molar-refractivity contribution in [2.24, 2.45) is 0 Å². The van der Waals surface area contributed by atoms with E-state index in [4.69, 9.17) is 4.74 Å². The SMILES string of the molecule is COc1n[nH]c(=O)n1Cc1cccc(C=O)c1.